The van der Waals surface area contributed by atoms with Gasteiger partial charge in [0.05, 0.1) is 7.11 Å². The summed E-state index contributed by atoms with van der Waals surface area (Å²) in [4.78, 5) is 0. The average Bonchev–Trinajstić information content (AvgIpc) is 2.45. The number of nitrogens with two attached hydrogens (primary N) is 1. The Morgan fingerprint density at radius 1 is 1.19 bits per heavy atom. The number of hydrogen-bond acceptors (Lipinski definition) is 3. The van der Waals surface area contributed by atoms with Crippen molar-refractivity contribution >= 4 is 0 Å². The maximum atomic E-state index is 13.9. The Kier molecular flexibility index (Phi) is 4.81. The molecule has 0 aliphatic rings. The monoisotopic (exact) mass is 289 g/mol. The van der Waals surface area contributed by atoms with Crippen LogP contribution < -0.4 is 15.2 Å². The Balaban J connectivity index is 2.13. The predicted octanol–water partition coefficient (Wildman–Crippen LogP) is 3.74. The predicted molar refractivity (Wildman–Crippen MR) is 81.1 cm³/mol. The minimum absolute atomic E-state index is 0.321. The number of halogens is 1. The quantitative estimate of drug-likeness (QED) is 0.912. The summed E-state index contributed by atoms with van der Waals surface area (Å²) >= 11 is 0. The van der Waals surface area contributed by atoms with Gasteiger partial charge in [-0.1, -0.05) is 17.7 Å². The van der Waals surface area contributed by atoms with Gasteiger partial charge in [-0.2, -0.15) is 0 Å². The first-order chi connectivity index (χ1) is 10.0. The van der Waals surface area contributed by atoms with E-state index in [0.29, 0.717) is 17.9 Å². The first-order valence-electron chi connectivity index (χ1n) is 6.82. The van der Waals surface area contributed by atoms with Crippen molar-refractivity contribution in [3.05, 3.63) is 58.9 Å². The van der Waals surface area contributed by atoms with Crippen molar-refractivity contribution < 1.29 is 13.9 Å². The fourth-order valence-corrected chi connectivity index (χ4v) is 2.15. The molecule has 0 aliphatic heterocycles. The molecule has 0 amide bonds. The molecule has 2 aromatic rings. The standard InChI is InChI=1S/C17H20FNO2/c1-11-4-7-17(20-3)13(8-11)10-21-14-5-6-15(12(2)19)16(18)9-14/h4-9,12H,10,19H2,1-3H3/t12-/m1/s1. The molecule has 0 unspecified atom stereocenters. The van der Waals surface area contributed by atoms with Crippen LogP contribution in [-0.2, 0) is 6.61 Å². The highest BCUT2D eigenvalue weighted by Gasteiger charge is 2.09. The number of rotatable bonds is 5. The van der Waals surface area contributed by atoms with Crippen LogP contribution in [-0.4, -0.2) is 7.11 Å². The second-order valence-corrected chi connectivity index (χ2v) is 5.08. The van der Waals surface area contributed by atoms with Crippen LogP contribution in [0.25, 0.3) is 0 Å². The second-order valence-electron chi connectivity index (χ2n) is 5.08. The van der Waals surface area contributed by atoms with Crippen molar-refractivity contribution in [2.45, 2.75) is 26.5 Å². The molecule has 0 fully saturated rings. The molecular weight excluding hydrogens is 269 g/mol. The van der Waals surface area contributed by atoms with Gasteiger partial charge in [-0.05, 0) is 32.0 Å². The maximum absolute atomic E-state index is 13.9. The Bertz CT molecular complexity index is 626. The lowest BCUT2D eigenvalue weighted by Gasteiger charge is -2.13. The van der Waals surface area contributed by atoms with Crippen LogP contribution in [0, 0.1) is 12.7 Å². The van der Waals surface area contributed by atoms with Crippen LogP contribution in [0.3, 0.4) is 0 Å². The van der Waals surface area contributed by atoms with Gasteiger partial charge in [-0.3, -0.25) is 0 Å². The van der Waals surface area contributed by atoms with Gasteiger partial charge in [0.1, 0.15) is 23.9 Å². The van der Waals surface area contributed by atoms with Crippen molar-refractivity contribution in [2.75, 3.05) is 7.11 Å². The molecule has 21 heavy (non-hydrogen) atoms. The summed E-state index contributed by atoms with van der Waals surface area (Å²) in [7, 11) is 1.62. The summed E-state index contributed by atoms with van der Waals surface area (Å²) < 4.78 is 24.8. The Hall–Kier alpha value is -2.07. The summed E-state index contributed by atoms with van der Waals surface area (Å²) in [6, 6.07) is 10.3. The van der Waals surface area contributed by atoms with Gasteiger partial charge in [0.25, 0.3) is 0 Å². The minimum Gasteiger partial charge on any atom is -0.496 e. The highest BCUT2D eigenvalue weighted by Crippen LogP contribution is 2.24. The molecule has 112 valence electrons. The summed E-state index contributed by atoms with van der Waals surface area (Å²) in [6.07, 6.45) is 0. The fraction of sp³-hybridized carbons (Fsp3) is 0.294. The normalized spacial score (nSPS) is 12.0. The van der Waals surface area contributed by atoms with Gasteiger partial charge < -0.3 is 15.2 Å². The van der Waals surface area contributed by atoms with Crippen LogP contribution in [0.1, 0.15) is 29.7 Å². The third-order valence-corrected chi connectivity index (χ3v) is 3.29. The summed E-state index contributed by atoms with van der Waals surface area (Å²) in [5, 5.41) is 0. The molecule has 0 spiro atoms. The lowest BCUT2D eigenvalue weighted by molar-refractivity contribution is 0.295. The van der Waals surface area contributed by atoms with E-state index in [2.05, 4.69) is 0 Å². The SMILES string of the molecule is COc1ccc(C)cc1COc1ccc([C@@H](C)N)c(F)c1. The molecule has 2 N–H and O–H groups in total. The zero-order chi connectivity index (χ0) is 15.4. The van der Waals surface area contributed by atoms with E-state index in [-0.39, 0.29) is 11.9 Å². The minimum atomic E-state index is -0.348. The van der Waals surface area contributed by atoms with Crippen LogP contribution in [0.15, 0.2) is 36.4 Å². The van der Waals surface area contributed by atoms with Crippen molar-refractivity contribution in [2.24, 2.45) is 5.73 Å². The van der Waals surface area contributed by atoms with E-state index >= 15 is 0 Å². The van der Waals surface area contributed by atoms with E-state index < -0.39 is 0 Å². The number of methoxy groups -OCH3 is 1. The highest BCUT2D eigenvalue weighted by molar-refractivity contribution is 5.37. The Morgan fingerprint density at radius 3 is 2.57 bits per heavy atom. The first-order valence-corrected chi connectivity index (χ1v) is 6.82. The lowest BCUT2D eigenvalue weighted by atomic mass is 10.1. The van der Waals surface area contributed by atoms with Crippen molar-refractivity contribution in [3.63, 3.8) is 0 Å². The van der Waals surface area contributed by atoms with Crippen LogP contribution in [0.2, 0.25) is 0 Å². The van der Waals surface area contributed by atoms with Crippen LogP contribution in [0.4, 0.5) is 4.39 Å². The zero-order valence-corrected chi connectivity index (χ0v) is 12.5. The van der Waals surface area contributed by atoms with Gasteiger partial charge in [-0.15, -0.1) is 0 Å². The third-order valence-electron chi connectivity index (χ3n) is 3.29. The zero-order valence-electron chi connectivity index (χ0n) is 12.5. The van der Waals surface area contributed by atoms with Crippen LogP contribution in [0.5, 0.6) is 11.5 Å². The van der Waals surface area contributed by atoms with E-state index in [9.17, 15) is 4.39 Å². The smallest absolute Gasteiger partial charge is 0.131 e. The molecular formula is C17H20FNO2. The molecule has 0 heterocycles. The molecule has 0 radical (unpaired) electrons. The van der Waals surface area contributed by atoms with E-state index in [4.69, 9.17) is 15.2 Å². The van der Waals surface area contributed by atoms with Crippen molar-refractivity contribution in [1.29, 1.82) is 0 Å². The second kappa shape index (κ2) is 6.59. The van der Waals surface area contributed by atoms with E-state index in [0.717, 1.165) is 16.9 Å². The van der Waals surface area contributed by atoms with Gasteiger partial charge >= 0.3 is 0 Å². The van der Waals surface area contributed by atoms with Gasteiger partial charge in [0, 0.05) is 23.2 Å². The Morgan fingerprint density at radius 2 is 1.95 bits per heavy atom. The Labute approximate surface area is 124 Å². The highest BCUT2D eigenvalue weighted by atomic mass is 19.1. The number of ether oxygens (including phenoxy) is 2. The number of aryl methyl sites for hydroxylation is 1. The largest absolute Gasteiger partial charge is 0.496 e. The van der Waals surface area contributed by atoms with E-state index in [1.807, 2.05) is 25.1 Å². The summed E-state index contributed by atoms with van der Waals surface area (Å²) in [6.45, 7) is 4.07. The van der Waals surface area contributed by atoms with Crippen molar-refractivity contribution in [1.82, 2.24) is 0 Å². The average molecular weight is 289 g/mol. The molecule has 1 atom stereocenters. The fourth-order valence-electron chi connectivity index (χ4n) is 2.15. The van der Waals surface area contributed by atoms with E-state index in [1.165, 1.54) is 6.07 Å². The number of hydrogen-bond donors (Lipinski definition) is 1. The summed E-state index contributed by atoms with van der Waals surface area (Å²) in [5.74, 6) is 0.882. The molecule has 0 aromatic heterocycles. The molecule has 0 saturated heterocycles. The maximum Gasteiger partial charge on any atom is 0.131 e. The first kappa shape index (κ1) is 15.3. The van der Waals surface area contributed by atoms with Crippen LogP contribution >= 0.6 is 0 Å². The van der Waals surface area contributed by atoms with Gasteiger partial charge in [-0.25, -0.2) is 4.39 Å². The lowest BCUT2D eigenvalue weighted by Crippen LogP contribution is -2.07. The molecule has 3 nitrogen and oxygen atoms in total. The third kappa shape index (κ3) is 3.73. The summed E-state index contributed by atoms with van der Waals surface area (Å²) in [5.41, 5.74) is 8.21. The molecule has 2 aromatic carbocycles. The molecule has 2 rings (SSSR count). The number of benzene rings is 2. The van der Waals surface area contributed by atoms with E-state index in [1.54, 1.807) is 26.2 Å². The van der Waals surface area contributed by atoms with Gasteiger partial charge in [0.2, 0.25) is 0 Å². The molecule has 0 saturated carbocycles. The molecule has 0 aliphatic carbocycles. The molecule has 4 heteroatoms. The topological polar surface area (TPSA) is 44.5 Å². The van der Waals surface area contributed by atoms with Crippen molar-refractivity contribution in [3.8, 4) is 11.5 Å². The van der Waals surface area contributed by atoms with Gasteiger partial charge in [0.15, 0.2) is 0 Å². The molecule has 0 bridgehead atoms.